The Bertz CT molecular complexity index is 4150. The second-order valence-corrected chi connectivity index (χ2v) is 21.4. The Morgan fingerprint density at radius 3 is 0.233 bits per heavy atom. The molecule has 0 aliphatic heterocycles. The summed E-state index contributed by atoms with van der Waals surface area (Å²) in [5, 5.41) is 0. The normalized spacial score (nSPS) is 10.8. The smallest absolute Gasteiger partial charge is 0.00268 e. The molecule has 0 bridgehead atoms. The summed E-state index contributed by atoms with van der Waals surface area (Å²) in [5.74, 6) is 0. The van der Waals surface area contributed by atoms with Crippen molar-refractivity contribution in [3.05, 3.63) is 465 Å². The minimum absolute atomic E-state index is 1.10. The van der Waals surface area contributed by atoms with Crippen molar-refractivity contribution in [2.75, 3.05) is 0 Å². The largest absolute Gasteiger partial charge is 0.0622 e. The predicted octanol–water partition coefficient (Wildman–Crippen LogP) is 21.7. The maximum Gasteiger partial charge on any atom is -0.00268 e. The molecule has 0 saturated carbocycles. The van der Waals surface area contributed by atoms with Crippen LogP contribution < -0.4 is 0 Å². The third kappa shape index (κ3) is 11.7. The minimum atomic E-state index is 1.10. The predicted molar refractivity (Wildman–Crippen MR) is 364 cm³/mol. The molecule has 0 fully saturated rings. The maximum absolute atomic E-state index is 2.34. The van der Waals surface area contributed by atoms with Crippen molar-refractivity contribution in [3.8, 4) is 0 Å². The molecular weight excluding hydrogens is 1030 g/mol. The first-order valence-corrected chi connectivity index (χ1v) is 29.6. The average molecular weight is 1100 g/mol. The van der Waals surface area contributed by atoms with Crippen LogP contribution in [0.25, 0.3) is 44.6 Å². The van der Waals surface area contributed by atoms with Crippen LogP contribution in [0.5, 0.6) is 0 Å². The molecule has 0 aliphatic rings. The lowest BCUT2D eigenvalue weighted by atomic mass is 9.82. The molecule has 0 atom stereocenters. The molecule has 0 nitrogen and oxygen atoms in total. The zero-order chi connectivity index (χ0) is 57.7. The zero-order valence-corrected chi connectivity index (χ0v) is 47.8. The van der Waals surface area contributed by atoms with Crippen LogP contribution >= 0.6 is 0 Å². The van der Waals surface area contributed by atoms with Gasteiger partial charge in [-0.05, 0) is 134 Å². The Balaban J connectivity index is 1.06. The van der Waals surface area contributed by atoms with Gasteiger partial charge in [-0.2, -0.15) is 0 Å². The Kier molecular flexibility index (Phi) is 16.3. The lowest BCUT2D eigenvalue weighted by Gasteiger charge is -2.22. The Hall–Kier alpha value is -11.2. The van der Waals surface area contributed by atoms with Crippen LogP contribution in [0.2, 0.25) is 0 Å². The Morgan fingerprint density at radius 1 is 0.0814 bits per heavy atom. The highest BCUT2D eigenvalue weighted by molar-refractivity contribution is 6.09. The molecule has 0 spiro atoms. The van der Waals surface area contributed by atoms with Crippen LogP contribution in [0.15, 0.2) is 376 Å². The molecule has 0 unspecified atom stereocenters. The summed E-state index contributed by atoms with van der Waals surface area (Å²) in [4.78, 5) is 0. The van der Waals surface area contributed by atoms with Crippen LogP contribution in [0.3, 0.4) is 0 Å². The van der Waals surface area contributed by atoms with E-state index in [9.17, 15) is 0 Å². The van der Waals surface area contributed by atoms with E-state index in [2.05, 4.69) is 376 Å². The summed E-state index contributed by atoms with van der Waals surface area (Å²) in [6.45, 7) is 0. The first-order valence-electron chi connectivity index (χ1n) is 29.6. The van der Waals surface area contributed by atoms with E-state index in [0.29, 0.717) is 0 Å². The first-order chi connectivity index (χ1) is 42.7. The van der Waals surface area contributed by atoms with Gasteiger partial charge in [0.2, 0.25) is 0 Å². The Morgan fingerprint density at radius 2 is 0.151 bits per heavy atom. The van der Waals surface area contributed by atoms with Gasteiger partial charge >= 0.3 is 0 Å². The quantitative estimate of drug-likeness (QED) is 0.0846. The van der Waals surface area contributed by atoms with E-state index >= 15 is 0 Å². The fourth-order valence-corrected chi connectivity index (χ4v) is 12.1. The first kappa shape index (κ1) is 54.1. The van der Waals surface area contributed by atoms with Gasteiger partial charge in [-0.25, -0.2) is 0 Å². The van der Waals surface area contributed by atoms with Gasteiger partial charge < -0.3 is 0 Å². The summed E-state index contributed by atoms with van der Waals surface area (Å²) in [7, 11) is 0. The van der Waals surface area contributed by atoms with Gasteiger partial charge in [0.05, 0.1) is 0 Å². The highest BCUT2D eigenvalue weighted by Gasteiger charge is 2.23. The molecule has 0 heteroatoms. The molecule has 0 heterocycles. The fourth-order valence-electron chi connectivity index (χ4n) is 12.1. The molecule has 13 aromatic carbocycles. The van der Waals surface area contributed by atoms with Gasteiger partial charge in [0.15, 0.2) is 0 Å². The topological polar surface area (TPSA) is 0 Å². The molecule has 13 aromatic rings. The summed E-state index contributed by atoms with van der Waals surface area (Å²) < 4.78 is 0. The monoisotopic (exact) mass is 1090 g/mol. The summed E-state index contributed by atoms with van der Waals surface area (Å²) in [6, 6.07) is 136. The van der Waals surface area contributed by atoms with Crippen LogP contribution in [-0.4, -0.2) is 0 Å². The van der Waals surface area contributed by atoms with Crippen molar-refractivity contribution in [2.45, 2.75) is 0 Å². The molecule has 0 radical (unpaired) electrons. The number of rotatable bonds is 16. The van der Waals surface area contributed by atoms with Gasteiger partial charge in [-0.1, -0.05) is 376 Å². The van der Waals surface area contributed by atoms with E-state index in [1.807, 2.05) is 0 Å². The summed E-state index contributed by atoms with van der Waals surface area (Å²) in [6.07, 6.45) is 0. The second-order valence-electron chi connectivity index (χ2n) is 21.4. The standard InChI is InChI=1S/C86H62/c1-11-31-63(32-12-1)79(64-33-13-2-14-34-64)82(69-43-23-7-24-44-69)73-51-53-76(54-52-73)85(72-49-29-10-30-50-72)86(77-59-55-74(56-60-77)83(70-45-25-8-26-46-70)80(65-35-15-3-16-36-65)66-37-17-4-18-38-66)78-61-57-75(58-62-78)84(71-47-27-9-28-48-71)81(67-39-19-5-20-40-67)68-41-21-6-22-42-68/h1-62H. The van der Waals surface area contributed by atoms with Gasteiger partial charge in [0, 0.05) is 0 Å². The number of hydrogen-bond donors (Lipinski definition) is 0. The van der Waals surface area contributed by atoms with Crippen molar-refractivity contribution < 1.29 is 0 Å². The van der Waals surface area contributed by atoms with Crippen molar-refractivity contribution in [1.29, 1.82) is 0 Å². The Labute approximate surface area is 506 Å². The van der Waals surface area contributed by atoms with Gasteiger partial charge in [0.25, 0.3) is 0 Å². The zero-order valence-electron chi connectivity index (χ0n) is 47.8. The summed E-state index contributed by atoms with van der Waals surface area (Å²) >= 11 is 0. The van der Waals surface area contributed by atoms with Gasteiger partial charge in [-0.3, -0.25) is 0 Å². The SMILES string of the molecule is c1ccc(C(=C(c2ccccc2)c2ccc(C(=C(c3ccc(C(=C(c4ccccc4)c4ccccc4)c4ccccc4)cc3)c3ccc(C(=C(c4ccccc4)c4ccccc4)c4ccccc4)cc3)c3ccccc3)cc2)c2ccccc2)cc1. The average Bonchev–Trinajstić information content (AvgIpc) is 3.20. The van der Waals surface area contributed by atoms with Crippen molar-refractivity contribution in [1.82, 2.24) is 0 Å². The van der Waals surface area contributed by atoms with E-state index < -0.39 is 0 Å². The van der Waals surface area contributed by atoms with Gasteiger partial charge in [0.1, 0.15) is 0 Å². The fraction of sp³-hybridized carbons (Fsp3) is 0. The van der Waals surface area contributed by atoms with Crippen LogP contribution in [0.1, 0.15) is 89.0 Å². The minimum Gasteiger partial charge on any atom is -0.0622 e. The van der Waals surface area contributed by atoms with E-state index in [1.54, 1.807) is 0 Å². The van der Waals surface area contributed by atoms with E-state index in [-0.39, 0.29) is 0 Å². The second kappa shape index (κ2) is 25.9. The molecular formula is C86H62. The molecule has 0 aliphatic carbocycles. The third-order valence-electron chi connectivity index (χ3n) is 16.0. The van der Waals surface area contributed by atoms with Crippen molar-refractivity contribution in [3.63, 3.8) is 0 Å². The lowest BCUT2D eigenvalue weighted by Crippen LogP contribution is -2.01. The van der Waals surface area contributed by atoms with Crippen molar-refractivity contribution in [2.24, 2.45) is 0 Å². The molecule has 0 N–H and O–H groups in total. The highest BCUT2D eigenvalue weighted by Crippen LogP contribution is 2.44. The molecule has 13 rings (SSSR count). The van der Waals surface area contributed by atoms with E-state index in [0.717, 1.165) is 100 Å². The van der Waals surface area contributed by atoms with Crippen LogP contribution in [0.4, 0.5) is 0 Å². The van der Waals surface area contributed by atoms with Crippen molar-refractivity contribution >= 4 is 44.6 Å². The lowest BCUT2D eigenvalue weighted by molar-refractivity contribution is 1.45. The maximum atomic E-state index is 2.34. The van der Waals surface area contributed by atoms with E-state index in [4.69, 9.17) is 0 Å². The van der Waals surface area contributed by atoms with Crippen LogP contribution in [-0.2, 0) is 0 Å². The summed E-state index contributed by atoms with van der Waals surface area (Å²) in [5.41, 5.74) is 27.6. The molecule has 86 heavy (non-hydrogen) atoms. The third-order valence-corrected chi connectivity index (χ3v) is 16.0. The number of benzene rings is 13. The molecule has 0 saturated heterocycles. The van der Waals surface area contributed by atoms with Gasteiger partial charge in [-0.15, -0.1) is 0 Å². The molecule has 0 amide bonds. The number of hydrogen-bond acceptors (Lipinski definition) is 0. The van der Waals surface area contributed by atoms with Crippen LogP contribution in [0, 0.1) is 0 Å². The highest BCUT2D eigenvalue weighted by atomic mass is 14.3. The molecule has 0 aromatic heterocycles. The van der Waals surface area contributed by atoms with E-state index in [1.165, 1.54) is 33.4 Å². The molecule has 406 valence electrons.